The summed E-state index contributed by atoms with van der Waals surface area (Å²) in [4.78, 5) is 0. The summed E-state index contributed by atoms with van der Waals surface area (Å²) >= 11 is 0. The normalized spacial score (nSPS) is 18.3. The van der Waals surface area contributed by atoms with E-state index < -0.39 is 0 Å². The smallest absolute Gasteiger partial charge is 0.0818 e. The molecule has 0 fully saturated rings. The van der Waals surface area contributed by atoms with E-state index in [0.717, 1.165) is 0 Å². The Kier molecular flexibility index (Phi) is 8.13. The van der Waals surface area contributed by atoms with Gasteiger partial charge in [-0.25, -0.2) is 0 Å². The molecule has 0 radical (unpaired) electrons. The zero-order valence-electron chi connectivity index (χ0n) is 10.1. The minimum absolute atomic E-state index is 0.227. The van der Waals surface area contributed by atoms with Gasteiger partial charge in [0.2, 0.25) is 0 Å². The molecule has 0 rings (SSSR count). The molecule has 0 aliphatic rings. The van der Waals surface area contributed by atoms with Gasteiger partial charge in [-0.05, 0) is 26.7 Å². The van der Waals surface area contributed by atoms with E-state index in [2.05, 4.69) is 50.6 Å². The van der Waals surface area contributed by atoms with Crippen LogP contribution < -0.4 is 10.6 Å². The molecule has 0 aromatic carbocycles. The minimum Gasteiger partial charge on any atom is -0.302 e. The molecule has 14 heavy (non-hydrogen) atoms. The van der Waals surface area contributed by atoms with Crippen LogP contribution in [-0.2, 0) is 0 Å². The monoisotopic (exact) mass is 214 g/mol. The summed E-state index contributed by atoms with van der Waals surface area (Å²) in [5.41, 5.74) is 2.11. The van der Waals surface area contributed by atoms with Crippen molar-refractivity contribution in [2.75, 3.05) is 0 Å². The minimum atomic E-state index is -0.227. The average molecular weight is 214 g/mol. The number of hydrogen-bond donors (Lipinski definition) is 2. The van der Waals surface area contributed by atoms with Crippen molar-refractivity contribution in [2.24, 2.45) is 0 Å². The van der Waals surface area contributed by atoms with Gasteiger partial charge in [-0.2, -0.15) is 0 Å². The quantitative estimate of drug-likeness (QED) is 0.471. The maximum atomic E-state index is 3.85. The molecule has 2 N–H and O–H groups in total. The van der Waals surface area contributed by atoms with Gasteiger partial charge in [0.1, 0.15) is 0 Å². The van der Waals surface area contributed by atoms with Crippen LogP contribution in [0.4, 0.5) is 0 Å². The molecule has 0 saturated carbocycles. The predicted molar refractivity (Wildman–Crippen MR) is 68.3 cm³/mol. The van der Waals surface area contributed by atoms with E-state index >= 15 is 0 Å². The maximum Gasteiger partial charge on any atom is 0.0818 e. The second-order valence-corrected chi connectivity index (χ2v) is 5.89. The van der Waals surface area contributed by atoms with Gasteiger partial charge in [0.25, 0.3) is 0 Å². The van der Waals surface area contributed by atoms with Gasteiger partial charge < -0.3 is 10.6 Å². The lowest BCUT2D eigenvalue weighted by Gasteiger charge is -2.25. The standard InChI is InChI=1S/C11H26N2Si/c1-6-9(4)12-11(14-8-3)13-10(5)7-2/h8-13H,3,6-7,14H2,1-2,4-5H3. The van der Waals surface area contributed by atoms with E-state index in [1.54, 1.807) is 0 Å². The molecule has 3 heteroatoms. The molecule has 2 unspecified atom stereocenters. The molecule has 0 amide bonds. The van der Waals surface area contributed by atoms with E-state index in [9.17, 15) is 0 Å². The van der Waals surface area contributed by atoms with Crippen molar-refractivity contribution in [3.05, 3.63) is 12.3 Å². The molecule has 0 heterocycles. The van der Waals surface area contributed by atoms with Crippen molar-refractivity contribution >= 4 is 9.52 Å². The van der Waals surface area contributed by atoms with Gasteiger partial charge in [-0.15, -0.1) is 12.3 Å². The first-order chi connectivity index (χ1) is 6.63. The lowest BCUT2D eigenvalue weighted by atomic mass is 10.2. The average Bonchev–Trinajstić information content (AvgIpc) is 2.17. The van der Waals surface area contributed by atoms with Crippen molar-refractivity contribution in [1.82, 2.24) is 10.6 Å². The molecule has 0 aliphatic heterocycles. The molecule has 0 bridgehead atoms. The van der Waals surface area contributed by atoms with E-state index in [1.165, 1.54) is 12.8 Å². The second kappa shape index (κ2) is 8.21. The summed E-state index contributed by atoms with van der Waals surface area (Å²) < 4.78 is 0. The maximum absolute atomic E-state index is 3.85. The van der Waals surface area contributed by atoms with Crippen LogP contribution >= 0.6 is 0 Å². The van der Waals surface area contributed by atoms with Gasteiger partial charge in [0, 0.05) is 17.9 Å². The largest absolute Gasteiger partial charge is 0.302 e. The van der Waals surface area contributed by atoms with Gasteiger partial charge in [0.15, 0.2) is 0 Å². The topological polar surface area (TPSA) is 24.1 Å². The zero-order valence-corrected chi connectivity index (χ0v) is 11.6. The molecule has 2 atom stereocenters. The fourth-order valence-corrected chi connectivity index (χ4v) is 2.68. The first-order valence-corrected chi connectivity index (χ1v) is 7.40. The third kappa shape index (κ3) is 6.35. The molecule has 2 nitrogen and oxygen atoms in total. The molecular weight excluding hydrogens is 188 g/mol. The third-order valence-electron chi connectivity index (χ3n) is 2.60. The zero-order chi connectivity index (χ0) is 11.0. The lowest BCUT2D eigenvalue weighted by molar-refractivity contribution is 0.412. The Morgan fingerprint density at radius 2 is 1.57 bits per heavy atom. The van der Waals surface area contributed by atoms with Gasteiger partial charge >= 0.3 is 0 Å². The Bertz CT molecular complexity index is 138. The molecule has 0 aromatic rings. The molecular formula is C11H26N2Si. The van der Waals surface area contributed by atoms with E-state index in [1.807, 2.05) is 0 Å². The van der Waals surface area contributed by atoms with Gasteiger partial charge in [-0.1, -0.05) is 13.8 Å². The Morgan fingerprint density at radius 1 is 1.14 bits per heavy atom. The van der Waals surface area contributed by atoms with E-state index in [-0.39, 0.29) is 9.52 Å². The Balaban J connectivity index is 3.93. The molecule has 84 valence electrons. The Morgan fingerprint density at radius 3 is 1.86 bits per heavy atom. The number of rotatable bonds is 8. The lowest BCUT2D eigenvalue weighted by Crippen LogP contribution is -2.52. The highest BCUT2D eigenvalue weighted by Crippen LogP contribution is 1.94. The molecule has 0 aromatic heterocycles. The highest BCUT2D eigenvalue weighted by Gasteiger charge is 2.11. The van der Waals surface area contributed by atoms with Crippen molar-refractivity contribution in [2.45, 2.75) is 58.4 Å². The summed E-state index contributed by atoms with van der Waals surface area (Å²) in [5.74, 6) is 0.511. The van der Waals surface area contributed by atoms with Crippen molar-refractivity contribution in [3.63, 3.8) is 0 Å². The molecule has 0 spiro atoms. The van der Waals surface area contributed by atoms with Crippen molar-refractivity contribution in [3.8, 4) is 0 Å². The second-order valence-electron chi connectivity index (χ2n) is 4.03. The van der Waals surface area contributed by atoms with Crippen LogP contribution in [0.15, 0.2) is 12.3 Å². The van der Waals surface area contributed by atoms with Crippen molar-refractivity contribution < 1.29 is 0 Å². The summed E-state index contributed by atoms with van der Waals surface area (Å²) in [6.45, 7) is 12.8. The van der Waals surface area contributed by atoms with Crippen LogP contribution in [0.25, 0.3) is 0 Å². The van der Waals surface area contributed by atoms with E-state index in [0.29, 0.717) is 17.9 Å². The summed E-state index contributed by atoms with van der Waals surface area (Å²) in [6.07, 6.45) is 2.37. The van der Waals surface area contributed by atoms with Crippen LogP contribution in [0.3, 0.4) is 0 Å². The third-order valence-corrected chi connectivity index (χ3v) is 3.87. The Labute approximate surface area is 91.4 Å². The summed E-state index contributed by atoms with van der Waals surface area (Å²) in [7, 11) is -0.227. The fraction of sp³-hybridized carbons (Fsp3) is 0.818. The SMILES string of the molecule is C=C[SiH2]C(NC(C)CC)NC(C)CC. The van der Waals surface area contributed by atoms with Crippen LogP contribution in [0.1, 0.15) is 40.5 Å². The number of nitrogens with one attached hydrogen (secondary N) is 2. The first kappa shape index (κ1) is 13.9. The molecule has 0 saturated heterocycles. The highest BCUT2D eigenvalue weighted by molar-refractivity contribution is 6.43. The first-order valence-electron chi connectivity index (χ1n) is 5.76. The summed E-state index contributed by atoms with van der Waals surface area (Å²) in [6, 6.07) is 1.20. The molecule has 0 aliphatic carbocycles. The van der Waals surface area contributed by atoms with Crippen molar-refractivity contribution in [1.29, 1.82) is 0 Å². The predicted octanol–water partition coefficient (Wildman–Crippen LogP) is 1.36. The Hall–Kier alpha value is -0.123. The van der Waals surface area contributed by atoms with Crippen LogP contribution in [0, 0.1) is 0 Å². The summed E-state index contributed by atoms with van der Waals surface area (Å²) in [5, 5.41) is 7.22. The van der Waals surface area contributed by atoms with Crippen LogP contribution in [0.5, 0.6) is 0 Å². The van der Waals surface area contributed by atoms with Crippen LogP contribution in [0.2, 0.25) is 0 Å². The number of hydrogen-bond acceptors (Lipinski definition) is 2. The fourth-order valence-electron chi connectivity index (χ4n) is 1.27. The highest BCUT2D eigenvalue weighted by atomic mass is 28.2. The van der Waals surface area contributed by atoms with Crippen LogP contribution in [-0.4, -0.2) is 27.4 Å². The van der Waals surface area contributed by atoms with Gasteiger partial charge in [-0.3, -0.25) is 0 Å². The van der Waals surface area contributed by atoms with E-state index in [4.69, 9.17) is 0 Å². The van der Waals surface area contributed by atoms with Gasteiger partial charge in [0.05, 0.1) is 9.52 Å².